The summed E-state index contributed by atoms with van der Waals surface area (Å²) in [7, 11) is 0. The fraction of sp³-hybridized carbons (Fsp3) is 0.364. The minimum Gasteiger partial charge on any atom is -0.395 e. The third-order valence-electron chi connectivity index (χ3n) is 1.86. The molecule has 5 heteroatoms. The number of hydrogen-bond acceptors (Lipinski definition) is 3. The van der Waals surface area contributed by atoms with Crippen LogP contribution in [0.5, 0.6) is 0 Å². The first-order chi connectivity index (χ1) is 7.74. The molecular weight excluding hydrogens is 290 g/mol. The van der Waals surface area contributed by atoms with Gasteiger partial charge in [-0.1, -0.05) is 12.1 Å². The second kappa shape index (κ2) is 7.70. The topological polar surface area (TPSA) is 49.3 Å². The molecule has 0 aliphatic heterocycles. The van der Waals surface area contributed by atoms with E-state index in [0.29, 0.717) is 13.0 Å². The average Bonchev–Trinajstić information content (AvgIpc) is 2.29. The van der Waals surface area contributed by atoms with Crippen molar-refractivity contribution in [3.63, 3.8) is 0 Å². The molecule has 0 aliphatic carbocycles. The van der Waals surface area contributed by atoms with Crippen molar-refractivity contribution in [2.45, 2.75) is 11.3 Å². The van der Waals surface area contributed by atoms with E-state index >= 15 is 0 Å². The first kappa shape index (κ1) is 13.5. The Kier molecular flexibility index (Phi) is 6.52. The summed E-state index contributed by atoms with van der Waals surface area (Å²) in [6.45, 7) is 0.321. The standard InChI is InChI=1S/C11H14BrNO2S/c12-9-3-1-2-4-10(9)16-8-5-11(15)13-6-7-14/h1-4,14H,5-8H2,(H,13,15). The molecule has 0 radical (unpaired) electrons. The summed E-state index contributed by atoms with van der Waals surface area (Å²) in [6.07, 6.45) is 0.464. The molecule has 0 atom stereocenters. The van der Waals surface area contributed by atoms with Crippen molar-refractivity contribution in [3.05, 3.63) is 28.7 Å². The molecule has 1 rings (SSSR count). The summed E-state index contributed by atoms with van der Waals surface area (Å²) < 4.78 is 1.05. The molecule has 0 unspecified atom stereocenters. The van der Waals surface area contributed by atoms with Crippen molar-refractivity contribution in [3.8, 4) is 0 Å². The number of nitrogens with one attached hydrogen (secondary N) is 1. The second-order valence-corrected chi connectivity index (χ2v) is 5.09. The Morgan fingerprint density at radius 1 is 1.44 bits per heavy atom. The van der Waals surface area contributed by atoms with Gasteiger partial charge in [0.05, 0.1) is 6.61 Å². The van der Waals surface area contributed by atoms with Crippen LogP contribution in [0.3, 0.4) is 0 Å². The number of carbonyl (C=O) groups is 1. The van der Waals surface area contributed by atoms with Crippen LogP contribution in [0.25, 0.3) is 0 Å². The van der Waals surface area contributed by atoms with Gasteiger partial charge >= 0.3 is 0 Å². The molecule has 0 spiro atoms. The summed E-state index contributed by atoms with van der Waals surface area (Å²) in [5, 5.41) is 11.1. The van der Waals surface area contributed by atoms with Crippen LogP contribution in [0.2, 0.25) is 0 Å². The van der Waals surface area contributed by atoms with E-state index in [0.717, 1.165) is 15.1 Å². The Bertz CT molecular complexity index is 347. The maximum Gasteiger partial charge on any atom is 0.220 e. The zero-order chi connectivity index (χ0) is 11.8. The van der Waals surface area contributed by atoms with E-state index in [4.69, 9.17) is 5.11 Å². The van der Waals surface area contributed by atoms with Gasteiger partial charge in [-0.05, 0) is 28.1 Å². The van der Waals surface area contributed by atoms with E-state index in [1.165, 1.54) is 0 Å². The molecule has 16 heavy (non-hydrogen) atoms. The fourth-order valence-electron chi connectivity index (χ4n) is 1.10. The fourth-order valence-corrected chi connectivity index (χ4v) is 2.62. The van der Waals surface area contributed by atoms with Crippen molar-refractivity contribution in [2.75, 3.05) is 18.9 Å². The van der Waals surface area contributed by atoms with Crippen LogP contribution < -0.4 is 5.32 Å². The third kappa shape index (κ3) is 5.01. The molecule has 1 aromatic rings. The molecule has 88 valence electrons. The Morgan fingerprint density at radius 3 is 2.88 bits per heavy atom. The minimum absolute atomic E-state index is 0.0108. The largest absolute Gasteiger partial charge is 0.395 e. The highest BCUT2D eigenvalue weighted by Gasteiger charge is 2.02. The van der Waals surface area contributed by atoms with Crippen LogP contribution >= 0.6 is 27.7 Å². The lowest BCUT2D eigenvalue weighted by molar-refractivity contribution is -0.120. The highest BCUT2D eigenvalue weighted by molar-refractivity contribution is 9.10. The number of thioether (sulfide) groups is 1. The van der Waals surface area contributed by atoms with Crippen molar-refractivity contribution < 1.29 is 9.90 Å². The van der Waals surface area contributed by atoms with Gasteiger partial charge in [0.1, 0.15) is 0 Å². The molecule has 0 aliphatic rings. The zero-order valence-corrected chi connectivity index (χ0v) is 11.2. The van der Waals surface area contributed by atoms with Gasteiger partial charge in [-0.2, -0.15) is 0 Å². The van der Waals surface area contributed by atoms with Gasteiger partial charge in [0.25, 0.3) is 0 Å². The van der Waals surface area contributed by atoms with Crippen molar-refractivity contribution in [1.29, 1.82) is 0 Å². The maximum atomic E-state index is 11.2. The number of aliphatic hydroxyl groups excluding tert-OH is 1. The predicted octanol–water partition coefficient (Wildman–Crippen LogP) is 2.04. The van der Waals surface area contributed by atoms with Crippen LogP contribution in [0.15, 0.2) is 33.6 Å². The predicted molar refractivity (Wildman–Crippen MR) is 69.6 cm³/mol. The molecule has 0 saturated heterocycles. The zero-order valence-electron chi connectivity index (χ0n) is 8.78. The normalized spacial score (nSPS) is 10.1. The molecule has 0 aromatic heterocycles. The summed E-state index contributed by atoms with van der Waals surface area (Å²) in [6, 6.07) is 7.93. The van der Waals surface area contributed by atoms with Crippen LogP contribution in [-0.2, 0) is 4.79 Å². The Balaban J connectivity index is 2.25. The van der Waals surface area contributed by atoms with Gasteiger partial charge in [0.2, 0.25) is 5.91 Å². The first-order valence-corrected chi connectivity index (χ1v) is 6.77. The highest BCUT2D eigenvalue weighted by Crippen LogP contribution is 2.27. The van der Waals surface area contributed by atoms with Gasteiger partial charge in [-0.3, -0.25) is 4.79 Å². The Morgan fingerprint density at radius 2 is 2.19 bits per heavy atom. The summed E-state index contributed by atoms with van der Waals surface area (Å²) >= 11 is 5.09. The first-order valence-electron chi connectivity index (χ1n) is 4.99. The van der Waals surface area contributed by atoms with Gasteiger partial charge < -0.3 is 10.4 Å². The minimum atomic E-state index is -0.0198. The van der Waals surface area contributed by atoms with Gasteiger partial charge in [-0.25, -0.2) is 0 Å². The van der Waals surface area contributed by atoms with E-state index < -0.39 is 0 Å². The van der Waals surface area contributed by atoms with E-state index in [1.54, 1.807) is 11.8 Å². The number of rotatable bonds is 6. The summed E-state index contributed by atoms with van der Waals surface area (Å²) in [5.74, 6) is 0.716. The van der Waals surface area contributed by atoms with E-state index in [-0.39, 0.29) is 12.5 Å². The second-order valence-electron chi connectivity index (χ2n) is 3.10. The smallest absolute Gasteiger partial charge is 0.220 e. The number of aliphatic hydroxyl groups is 1. The number of carbonyl (C=O) groups excluding carboxylic acids is 1. The molecule has 1 amide bonds. The van der Waals surface area contributed by atoms with Crippen molar-refractivity contribution >= 4 is 33.6 Å². The number of benzene rings is 1. The monoisotopic (exact) mass is 303 g/mol. The maximum absolute atomic E-state index is 11.2. The lowest BCUT2D eigenvalue weighted by atomic mass is 10.4. The van der Waals surface area contributed by atoms with Crippen LogP contribution in [0, 0.1) is 0 Å². The molecule has 3 nitrogen and oxygen atoms in total. The average molecular weight is 304 g/mol. The van der Waals surface area contributed by atoms with Crippen LogP contribution in [0.1, 0.15) is 6.42 Å². The quantitative estimate of drug-likeness (QED) is 0.791. The van der Waals surface area contributed by atoms with Crippen molar-refractivity contribution in [2.24, 2.45) is 0 Å². The van der Waals surface area contributed by atoms with Gasteiger partial charge in [0.15, 0.2) is 0 Å². The van der Waals surface area contributed by atoms with E-state index in [9.17, 15) is 4.79 Å². The number of halogens is 1. The molecular formula is C11H14BrNO2S. The molecule has 0 fully saturated rings. The lowest BCUT2D eigenvalue weighted by Gasteiger charge is -2.04. The number of amides is 1. The lowest BCUT2D eigenvalue weighted by Crippen LogP contribution is -2.26. The van der Waals surface area contributed by atoms with Crippen LogP contribution in [-0.4, -0.2) is 29.9 Å². The Labute approximate surface area is 108 Å². The third-order valence-corrected chi connectivity index (χ3v) is 3.89. The summed E-state index contributed by atoms with van der Waals surface area (Å²) in [5.41, 5.74) is 0. The van der Waals surface area contributed by atoms with Gasteiger partial charge in [0, 0.05) is 28.1 Å². The highest BCUT2D eigenvalue weighted by atomic mass is 79.9. The molecule has 0 saturated carbocycles. The molecule has 2 N–H and O–H groups in total. The molecule has 0 bridgehead atoms. The number of hydrogen-bond donors (Lipinski definition) is 2. The summed E-state index contributed by atoms with van der Waals surface area (Å²) in [4.78, 5) is 12.4. The van der Waals surface area contributed by atoms with Crippen molar-refractivity contribution in [1.82, 2.24) is 5.32 Å². The SMILES string of the molecule is O=C(CCSc1ccccc1Br)NCCO. The van der Waals surface area contributed by atoms with E-state index in [1.807, 2.05) is 24.3 Å². The molecule has 1 aromatic carbocycles. The van der Waals surface area contributed by atoms with E-state index in [2.05, 4.69) is 21.2 Å². The van der Waals surface area contributed by atoms with Crippen LogP contribution in [0.4, 0.5) is 0 Å². The molecule has 0 heterocycles. The van der Waals surface area contributed by atoms with Gasteiger partial charge in [-0.15, -0.1) is 11.8 Å². The Hall–Kier alpha value is -0.520.